The highest BCUT2D eigenvalue weighted by Gasteiger charge is 2.31. The Hall–Kier alpha value is -1.67. The number of aryl methyl sites for hydroxylation is 1. The first-order chi connectivity index (χ1) is 12.7. The van der Waals surface area contributed by atoms with Crippen molar-refractivity contribution in [2.75, 3.05) is 32.7 Å². The van der Waals surface area contributed by atoms with E-state index < -0.39 is 10.0 Å². The van der Waals surface area contributed by atoms with Crippen molar-refractivity contribution in [3.05, 3.63) is 52.3 Å². The molecule has 1 aromatic heterocycles. The second kappa shape index (κ2) is 7.75. The number of aromatic nitrogens is 1. The van der Waals surface area contributed by atoms with E-state index in [9.17, 15) is 13.2 Å². The molecule has 8 heteroatoms. The largest absolute Gasteiger partial charge is 0.351 e. The molecule has 0 saturated carbocycles. The summed E-state index contributed by atoms with van der Waals surface area (Å²) in [5, 5.41) is 0.508. The van der Waals surface area contributed by atoms with Crippen LogP contribution >= 0.6 is 11.6 Å². The average molecular weight is 411 g/mol. The van der Waals surface area contributed by atoms with Gasteiger partial charge in [0, 0.05) is 29.0 Å². The summed E-state index contributed by atoms with van der Waals surface area (Å²) >= 11 is 5.84. The van der Waals surface area contributed by atoms with E-state index in [-0.39, 0.29) is 10.7 Å². The number of carbonyl (C=O) groups excluding carboxylic acids is 1. The third-order valence-corrected chi connectivity index (χ3v) is 7.53. The Balaban J connectivity index is 1.62. The standard InChI is InChI=1S/C19H24ClN3O3S/c1-14-12-18(15(2)21(14)3)19(24)13-22-8-10-23(11-9-22)27(25,26)17-6-4-16(20)5-7-17/h4-7,12H,8-11,13H2,1-3H3/p+1. The minimum atomic E-state index is -3.52. The molecule has 0 radical (unpaired) electrons. The number of nitrogens with zero attached hydrogens (tertiary/aromatic N) is 2. The monoisotopic (exact) mass is 410 g/mol. The maximum Gasteiger partial charge on any atom is 0.243 e. The Morgan fingerprint density at radius 3 is 2.26 bits per heavy atom. The van der Waals surface area contributed by atoms with Crippen molar-refractivity contribution < 1.29 is 18.1 Å². The Kier molecular flexibility index (Phi) is 5.76. The molecule has 0 amide bonds. The molecular formula is C19H25ClN3O3S+. The third-order valence-electron chi connectivity index (χ3n) is 5.37. The minimum Gasteiger partial charge on any atom is -0.351 e. The summed E-state index contributed by atoms with van der Waals surface area (Å²) in [6.45, 7) is 6.36. The molecule has 3 rings (SSSR count). The molecule has 146 valence electrons. The van der Waals surface area contributed by atoms with Crippen LogP contribution in [0.1, 0.15) is 21.7 Å². The zero-order valence-electron chi connectivity index (χ0n) is 15.8. The number of quaternary nitrogens is 1. The SMILES string of the molecule is Cc1cc(C(=O)C[NH+]2CCN(S(=O)(=O)c3ccc(Cl)cc3)CC2)c(C)n1C. The van der Waals surface area contributed by atoms with Gasteiger partial charge in [0.25, 0.3) is 0 Å². The van der Waals surface area contributed by atoms with Crippen molar-refractivity contribution in [2.24, 2.45) is 7.05 Å². The smallest absolute Gasteiger partial charge is 0.243 e. The van der Waals surface area contributed by atoms with Crippen LogP contribution in [0.15, 0.2) is 35.2 Å². The maximum atomic E-state index is 12.7. The van der Waals surface area contributed by atoms with Gasteiger partial charge in [-0.05, 0) is 44.2 Å². The second-order valence-corrected chi connectivity index (χ2v) is 9.43. The second-order valence-electron chi connectivity index (χ2n) is 7.05. The maximum absolute atomic E-state index is 12.7. The van der Waals surface area contributed by atoms with Gasteiger partial charge < -0.3 is 9.47 Å². The number of hydrogen-bond donors (Lipinski definition) is 1. The van der Waals surface area contributed by atoms with E-state index in [1.165, 1.54) is 16.4 Å². The van der Waals surface area contributed by atoms with Crippen LogP contribution in [-0.4, -0.2) is 55.8 Å². The van der Waals surface area contributed by atoms with Gasteiger partial charge in [-0.15, -0.1) is 0 Å². The molecule has 0 atom stereocenters. The third kappa shape index (κ3) is 4.11. The summed E-state index contributed by atoms with van der Waals surface area (Å²) in [6.07, 6.45) is 0. The lowest BCUT2D eigenvalue weighted by Crippen LogP contribution is -3.15. The molecule has 1 aliphatic heterocycles. The predicted molar refractivity (Wildman–Crippen MR) is 105 cm³/mol. The highest BCUT2D eigenvalue weighted by atomic mass is 35.5. The fourth-order valence-electron chi connectivity index (χ4n) is 3.44. The zero-order valence-corrected chi connectivity index (χ0v) is 17.4. The summed E-state index contributed by atoms with van der Waals surface area (Å²) < 4.78 is 29.0. The van der Waals surface area contributed by atoms with Crippen LogP contribution in [0.5, 0.6) is 0 Å². The number of benzene rings is 1. The molecule has 27 heavy (non-hydrogen) atoms. The van der Waals surface area contributed by atoms with E-state index in [2.05, 4.69) is 0 Å². The number of sulfonamides is 1. The summed E-state index contributed by atoms with van der Waals surface area (Å²) in [7, 11) is -1.57. The molecular weight excluding hydrogens is 386 g/mol. The van der Waals surface area contributed by atoms with E-state index >= 15 is 0 Å². The van der Waals surface area contributed by atoms with Crippen LogP contribution in [0.3, 0.4) is 0 Å². The number of ketones is 1. The van der Waals surface area contributed by atoms with Crippen LogP contribution in [0.25, 0.3) is 0 Å². The first kappa shape index (κ1) is 20.1. The quantitative estimate of drug-likeness (QED) is 0.750. The number of hydrogen-bond acceptors (Lipinski definition) is 3. The lowest BCUT2D eigenvalue weighted by Gasteiger charge is -2.31. The van der Waals surface area contributed by atoms with Crippen molar-refractivity contribution in [1.82, 2.24) is 8.87 Å². The van der Waals surface area contributed by atoms with Crippen molar-refractivity contribution in [2.45, 2.75) is 18.7 Å². The number of nitrogens with one attached hydrogen (secondary N) is 1. The van der Waals surface area contributed by atoms with Crippen LogP contribution in [0, 0.1) is 13.8 Å². The number of piperazine rings is 1. The van der Waals surface area contributed by atoms with Gasteiger partial charge >= 0.3 is 0 Å². The van der Waals surface area contributed by atoms with Crippen LogP contribution in [0.4, 0.5) is 0 Å². The summed E-state index contributed by atoms with van der Waals surface area (Å²) in [4.78, 5) is 14.0. The molecule has 2 heterocycles. The summed E-state index contributed by atoms with van der Waals surface area (Å²) in [6, 6.07) is 8.15. The van der Waals surface area contributed by atoms with Gasteiger partial charge in [-0.2, -0.15) is 4.31 Å². The molecule has 1 aliphatic rings. The Morgan fingerprint density at radius 1 is 1.15 bits per heavy atom. The van der Waals surface area contributed by atoms with E-state index in [4.69, 9.17) is 11.6 Å². The van der Waals surface area contributed by atoms with E-state index in [0.29, 0.717) is 37.7 Å². The Labute approximate surface area is 165 Å². The van der Waals surface area contributed by atoms with Gasteiger partial charge in [0.05, 0.1) is 31.1 Å². The van der Waals surface area contributed by atoms with Crippen molar-refractivity contribution in [3.8, 4) is 0 Å². The van der Waals surface area contributed by atoms with Gasteiger partial charge in [0.15, 0.2) is 0 Å². The Morgan fingerprint density at radius 2 is 1.74 bits per heavy atom. The van der Waals surface area contributed by atoms with Gasteiger partial charge in [-0.25, -0.2) is 8.42 Å². The summed E-state index contributed by atoms with van der Waals surface area (Å²) in [5.74, 6) is 0.111. The van der Waals surface area contributed by atoms with Gasteiger partial charge in [0.1, 0.15) is 6.54 Å². The molecule has 1 N–H and O–H groups in total. The van der Waals surface area contributed by atoms with Gasteiger partial charge in [-0.1, -0.05) is 11.6 Å². The molecule has 6 nitrogen and oxygen atoms in total. The lowest BCUT2D eigenvalue weighted by molar-refractivity contribution is -0.895. The molecule has 1 saturated heterocycles. The molecule has 0 aliphatic carbocycles. The molecule has 0 unspecified atom stereocenters. The average Bonchev–Trinajstić information content (AvgIpc) is 2.90. The van der Waals surface area contributed by atoms with E-state index in [1.54, 1.807) is 12.1 Å². The number of halogens is 1. The van der Waals surface area contributed by atoms with Gasteiger partial charge in [-0.3, -0.25) is 4.79 Å². The van der Waals surface area contributed by atoms with E-state index in [1.807, 2.05) is 31.5 Å². The first-order valence-corrected chi connectivity index (χ1v) is 10.8. The molecule has 0 bridgehead atoms. The Bertz CT molecular complexity index is 943. The highest BCUT2D eigenvalue weighted by molar-refractivity contribution is 7.89. The van der Waals surface area contributed by atoms with Crippen LogP contribution < -0.4 is 4.90 Å². The lowest BCUT2D eigenvalue weighted by atomic mass is 10.1. The first-order valence-electron chi connectivity index (χ1n) is 8.95. The fraction of sp³-hybridized carbons (Fsp3) is 0.421. The van der Waals surface area contributed by atoms with E-state index in [0.717, 1.165) is 21.9 Å². The topological polar surface area (TPSA) is 63.8 Å². The number of Topliss-reactive ketones (excluding diaryl/α,β-unsaturated/α-hetero) is 1. The fourth-order valence-corrected chi connectivity index (χ4v) is 5.00. The normalized spacial score (nSPS) is 16.6. The minimum absolute atomic E-state index is 0.111. The van der Waals surface area contributed by atoms with Crippen LogP contribution in [0.2, 0.25) is 5.02 Å². The predicted octanol–water partition coefficient (Wildman–Crippen LogP) is 1.07. The highest BCUT2D eigenvalue weighted by Crippen LogP contribution is 2.18. The van der Waals surface area contributed by atoms with Crippen molar-refractivity contribution in [1.29, 1.82) is 0 Å². The summed E-state index contributed by atoms with van der Waals surface area (Å²) in [5.41, 5.74) is 2.80. The van der Waals surface area contributed by atoms with Crippen molar-refractivity contribution >= 4 is 27.4 Å². The molecule has 2 aromatic rings. The molecule has 1 aromatic carbocycles. The van der Waals surface area contributed by atoms with Gasteiger partial charge in [0.2, 0.25) is 15.8 Å². The van der Waals surface area contributed by atoms with Crippen molar-refractivity contribution in [3.63, 3.8) is 0 Å². The molecule has 1 fully saturated rings. The number of rotatable bonds is 5. The zero-order chi connectivity index (χ0) is 19.8. The number of carbonyl (C=O) groups is 1. The van der Waals surface area contributed by atoms with Crippen LogP contribution in [-0.2, 0) is 17.1 Å². The molecule has 0 spiro atoms.